The first kappa shape index (κ1) is 18.4. The molecule has 1 fully saturated rings. The average molecular weight is 342 g/mol. The second-order valence-electron chi connectivity index (χ2n) is 6.03. The molecule has 0 aromatic heterocycles. The maximum atomic E-state index is 12.4. The standard InChI is InChI=1S/C17H24F2N2O3/c1-12(22)13-7-10-21(11-8-13)17(23)20-9-6-14-4-2-3-5-15(14)24-16(18)19/h2-5,12-13,16,22H,6-11H2,1H3,(H,20,23)/t12-/m1/s1. The van der Waals surface area contributed by atoms with Gasteiger partial charge in [-0.1, -0.05) is 18.2 Å². The number of hydrogen-bond acceptors (Lipinski definition) is 3. The summed E-state index contributed by atoms with van der Waals surface area (Å²) >= 11 is 0. The van der Waals surface area contributed by atoms with Crippen molar-refractivity contribution in [3.63, 3.8) is 0 Å². The molecule has 1 atom stereocenters. The predicted molar refractivity (Wildman–Crippen MR) is 86.2 cm³/mol. The van der Waals surface area contributed by atoms with Crippen molar-refractivity contribution in [2.75, 3.05) is 19.6 Å². The van der Waals surface area contributed by atoms with Crippen LogP contribution in [-0.4, -0.2) is 48.4 Å². The SMILES string of the molecule is C[C@@H](O)C1CCN(C(=O)NCCc2ccccc2OC(F)F)CC1. The third-order valence-electron chi connectivity index (χ3n) is 4.37. The first-order chi connectivity index (χ1) is 11.5. The molecule has 5 nitrogen and oxygen atoms in total. The van der Waals surface area contributed by atoms with Crippen LogP contribution in [0.1, 0.15) is 25.3 Å². The third-order valence-corrected chi connectivity index (χ3v) is 4.37. The van der Waals surface area contributed by atoms with E-state index >= 15 is 0 Å². The summed E-state index contributed by atoms with van der Waals surface area (Å²) in [6.07, 6.45) is 1.65. The van der Waals surface area contributed by atoms with E-state index in [1.54, 1.807) is 30.0 Å². The van der Waals surface area contributed by atoms with Gasteiger partial charge in [0.25, 0.3) is 0 Å². The number of aliphatic hydroxyl groups is 1. The van der Waals surface area contributed by atoms with Crippen molar-refractivity contribution >= 4 is 6.03 Å². The van der Waals surface area contributed by atoms with Crippen molar-refractivity contribution in [1.29, 1.82) is 0 Å². The fourth-order valence-corrected chi connectivity index (χ4v) is 2.92. The Balaban J connectivity index is 1.77. The fourth-order valence-electron chi connectivity index (χ4n) is 2.92. The Morgan fingerprint density at radius 3 is 2.67 bits per heavy atom. The Hall–Kier alpha value is -1.89. The summed E-state index contributed by atoms with van der Waals surface area (Å²) in [5.74, 6) is 0.381. The van der Waals surface area contributed by atoms with E-state index in [2.05, 4.69) is 10.1 Å². The molecule has 0 aliphatic carbocycles. The van der Waals surface area contributed by atoms with Crippen molar-refractivity contribution in [2.45, 2.75) is 38.9 Å². The number of nitrogens with one attached hydrogen (secondary N) is 1. The highest BCUT2D eigenvalue weighted by atomic mass is 19.3. The molecule has 2 N–H and O–H groups in total. The van der Waals surface area contributed by atoms with E-state index in [0.717, 1.165) is 12.8 Å². The first-order valence-corrected chi connectivity index (χ1v) is 8.21. The van der Waals surface area contributed by atoms with Crippen LogP contribution in [0.15, 0.2) is 24.3 Å². The monoisotopic (exact) mass is 342 g/mol. The van der Waals surface area contributed by atoms with Crippen LogP contribution in [0.5, 0.6) is 5.75 Å². The van der Waals surface area contributed by atoms with Gasteiger partial charge in [-0.25, -0.2) is 4.79 Å². The Labute approximate surface area is 140 Å². The molecular weight excluding hydrogens is 318 g/mol. The third kappa shape index (κ3) is 5.33. The largest absolute Gasteiger partial charge is 0.435 e. The summed E-state index contributed by atoms with van der Waals surface area (Å²) in [5.41, 5.74) is 0.630. The molecule has 1 aliphatic heterocycles. The lowest BCUT2D eigenvalue weighted by molar-refractivity contribution is -0.0504. The summed E-state index contributed by atoms with van der Waals surface area (Å²) in [5, 5.41) is 12.4. The minimum Gasteiger partial charge on any atom is -0.435 e. The highest BCUT2D eigenvalue weighted by molar-refractivity contribution is 5.74. The summed E-state index contributed by atoms with van der Waals surface area (Å²) in [6.45, 7) is 0.493. The number of carbonyl (C=O) groups is 1. The predicted octanol–water partition coefficient (Wildman–Crippen LogP) is 2.63. The summed E-state index contributed by atoms with van der Waals surface area (Å²) in [6, 6.07) is 6.41. The lowest BCUT2D eigenvalue weighted by Gasteiger charge is -2.33. The summed E-state index contributed by atoms with van der Waals surface area (Å²) in [4.78, 5) is 13.9. The van der Waals surface area contributed by atoms with Gasteiger partial charge in [-0.3, -0.25) is 0 Å². The van der Waals surface area contributed by atoms with E-state index in [-0.39, 0.29) is 23.8 Å². The Bertz CT molecular complexity index is 532. The van der Waals surface area contributed by atoms with E-state index in [9.17, 15) is 18.7 Å². The summed E-state index contributed by atoms with van der Waals surface area (Å²) < 4.78 is 29.2. The van der Waals surface area contributed by atoms with Gasteiger partial charge in [0.15, 0.2) is 0 Å². The molecule has 1 saturated heterocycles. The number of likely N-dealkylation sites (tertiary alicyclic amines) is 1. The number of amides is 2. The number of rotatable bonds is 6. The topological polar surface area (TPSA) is 61.8 Å². The number of ether oxygens (including phenoxy) is 1. The van der Waals surface area contributed by atoms with Crippen LogP contribution < -0.4 is 10.1 Å². The van der Waals surface area contributed by atoms with Crippen molar-refractivity contribution in [1.82, 2.24) is 10.2 Å². The maximum absolute atomic E-state index is 12.4. The molecule has 0 radical (unpaired) electrons. The zero-order valence-electron chi connectivity index (χ0n) is 13.8. The van der Waals surface area contributed by atoms with Crippen LogP contribution in [0.25, 0.3) is 0 Å². The van der Waals surface area contributed by atoms with E-state index in [4.69, 9.17) is 0 Å². The van der Waals surface area contributed by atoms with Crippen molar-refractivity contribution < 1.29 is 23.4 Å². The Kier molecular flexibility index (Phi) is 6.78. The van der Waals surface area contributed by atoms with Gasteiger partial charge >= 0.3 is 12.6 Å². The number of para-hydroxylation sites is 1. The molecule has 0 bridgehead atoms. The van der Waals surface area contributed by atoms with Crippen molar-refractivity contribution in [2.24, 2.45) is 5.92 Å². The normalized spacial score (nSPS) is 17.0. The second-order valence-corrected chi connectivity index (χ2v) is 6.03. The molecule has 134 valence electrons. The van der Waals surface area contributed by atoms with Gasteiger partial charge in [-0.2, -0.15) is 8.78 Å². The number of hydrogen-bond donors (Lipinski definition) is 2. The van der Waals surface area contributed by atoms with E-state index < -0.39 is 6.61 Å². The molecule has 1 heterocycles. The number of carbonyl (C=O) groups excluding carboxylic acids is 1. The number of aliphatic hydroxyl groups excluding tert-OH is 1. The minimum atomic E-state index is -2.86. The van der Waals surface area contributed by atoms with Gasteiger partial charge in [0, 0.05) is 19.6 Å². The smallest absolute Gasteiger partial charge is 0.387 e. The lowest BCUT2D eigenvalue weighted by atomic mass is 9.92. The zero-order valence-corrected chi connectivity index (χ0v) is 13.8. The van der Waals surface area contributed by atoms with Crippen LogP contribution in [0, 0.1) is 5.92 Å². The first-order valence-electron chi connectivity index (χ1n) is 8.21. The van der Waals surface area contributed by atoms with Crippen LogP contribution in [0.3, 0.4) is 0 Å². The van der Waals surface area contributed by atoms with Crippen LogP contribution in [0.4, 0.5) is 13.6 Å². The van der Waals surface area contributed by atoms with E-state index in [1.165, 1.54) is 6.07 Å². The van der Waals surface area contributed by atoms with Gasteiger partial charge in [0.1, 0.15) is 5.75 Å². The van der Waals surface area contributed by atoms with Crippen LogP contribution in [-0.2, 0) is 6.42 Å². The molecule has 1 aromatic rings. The number of alkyl halides is 2. The highest BCUT2D eigenvalue weighted by Gasteiger charge is 2.25. The average Bonchev–Trinajstić information content (AvgIpc) is 2.56. The lowest BCUT2D eigenvalue weighted by Crippen LogP contribution is -2.46. The Morgan fingerprint density at radius 1 is 1.38 bits per heavy atom. The van der Waals surface area contributed by atoms with Crippen LogP contribution >= 0.6 is 0 Å². The van der Waals surface area contributed by atoms with Crippen molar-refractivity contribution in [3.8, 4) is 5.75 Å². The molecule has 24 heavy (non-hydrogen) atoms. The molecular formula is C17H24F2N2O3. The zero-order chi connectivity index (χ0) is 17.5. The molecule has 7 heteroatoms. The minimum absolute atomic E-state index is 0.138. The quantitative estimate of drug-likeness (QED) is 0.835. The number of piperidine rings is 1. The van der Waals surface area contributed by atoms with Gasteiger partial charge in [-0.15, -0.1) is 0 Å². The molecule has 1 aliphatic rings. The second kappa shape index (κ2) is 8.82. The fraction of sp³-hybridized carbons (Fsp3) is 0.588. The number of halogens is 2. The summed E-state index contributed by atoms with van der Waals surface area (Å²) in [7, 11) is 0. The van der Waals surface area contributed by atoms with Gasteiger partial charge in [0.05, 0.1) is 6.10 Å². The molecule has 2 rings (SSSR count). The maximum Gasteiger partial charge on any atom is 0.387 e. The molecule has 2 amide bonds. The van der Waals surface area contributed by atoms with E-state index in [0.29, 0.717) is 31.6 Å². The van der Waals surface area contributed by atoms with Crippen molar-refractivity contribution in [3.05, 3.63) is 29.8 Å². The Morgan fingerprint density at radius 2 is 2.04 bits per heavy atom. The number of benzene rings is 1. The van der Waals surface area contributed by atoms with Gasteiger partial charge in [-0.05, 0) is 43.7 Å². The van der Waals surface area contributed by atoms with Gasteiger partial charge in [0.2, 0.25) is 0 Å². The number of nitrogens with zero attached hydrogens (tertiary/aromatic N) is 1. The van der Waals surface area contributed by atoms with E-state index in [1.807, 2.05) is 0 Å². The van der Waals surface area contributed by atoms with Crippen LogP contribution in [0.2, 0.25) is 0 Å². The molecule has 0 spiro atoms. The molecule has 0 unspecified atom stereocenters. The molecule has 0 saturated carbocycles. The molecule has 1 aromatic carbocycles. The number of urea groups is 1. The highest BCUT2D eigenvalue weighted by Crippen LogP contribution is 2.21. The van der Waals surface area contributed by atoms with Gasteiger partial charge < -0.3 is 20.1 Å².